The molecule has 1 heterocycles. The molecule has 136 valence electrons. The van der Waals surface area contributed by atoms with Crippen LogP contribution in [0.15, 0.2) is 48.5 Å². The third kappa shape index (κ3) is 3.82. The van der Waals surface area contributed by atoms with E-state index in [9.17, 15) is 14.4 Å². The highest BCUT2D eigenvalue weighted by Gasteiger charge is 2.34. The maximum absolute atomic E-state index is 13.4. The smallest absolute Gasteiger partial charge is 0.239 e. The van der Waals surface area contributed by atoms with Crippen LogP contribution >= 0.6 is 0 Å². The zero-order chi connectivity index (χ0) is 19.4. The SMILES string of the molecule is C#Cc1cccc(N(CC(=O)NC)C(=O)[C@H]2CC(=O)Nc3ccccc32)c1. The number of nitrogens with zero attached hydrogens (tertiary/aromatic N) is 1. The van der Waals surface area contributed by atoms with Gasteiger partial charge in [0.15, 0.2) is 0 Å². The Kier molecular flexibility index (Phi) is 5.23. The molecule has 0 bridgehead atoms. The lowest BCUT2D eigenvalue weighted by molar-refractivity contribution is -0.126. The van der Waals surface area contributed by atoms with E-state index in [0.717, 1.165) is 5.56 Å². The molecule has 0 saturated carbocycles. The lowest BCUT2D eigenvalue weighted by atomic mass is 9.89. The molecule has 0 aliphatic carbocycles. The number of rotatable bonds is 4. The molecule has 0 aromatic heterocycles. The van der Waals surface area contributed by atoms with Gasteiger partial charge in [0.05, 0.1) is 5.92 Å². The minimum Gasteiger partial charge on any atom is -0.358 e. The van der Waals surface area contributed by atoms with Crippen molar-refractivity contribution >= 4 is 29.1 Å². The molecule has 1 aliphatic heterocycles. The predicted octanol–water partition coefficient (Wildman–Crippen LogP) is 1.87. The lowest BCUT2D eigenvalue weighted by Gasteiger charge is -2.30. The lowest BCUT2D eigenvalue weighted by Crippen LogP contribution is -2.43. The molecule has 6 heteroatoms. The van der Waals surface area contributed by atoms with E-state index in [1.54, 1.807) is 36.4 Å². The number of likely N-dealkylation sites (N-methyl/N-ethyl adjacent to an activating group) is 1. The summed E-state index contributed by atoms with van der Waals surface area (Å²) in [5.41, 5.74) is 2.47. The van der Waals surface area contributed by atoms with Crippen LogP contribution in [0, 0.1) is 12.3 Å². The Morgan fingerprint density at radius 3 is 2.78 bits per heavy atom. The molecule has 3 rings (SSSR count). The molecule has 27 heavy (non-hydrogen) atoms. The Morgan fingerprint density at radius 2 is 2.04 bits per heavy atom. The van der Waals surface area contributed by atoms with Gasteiger partial charge in [-0.2, -0.15) is 0 Å². The molecule has 3 amide bonds. The van der Waals surface area contributed by atoms with Crippen molar-refractivity contribution < 1.29 is 14.4 Å². The molecular weight excluding hydrogens is 342 g/mol. The summed E-state index contributed by atoms with van der Waals surface area (Å²) in [4.78, 5) is 38.9. The summed E-state index contributed by atoms with van der Waals surface area (Å²) in [6.07, 6.45) is 5.48. The summed E-state index contributed by atoms with van der Waals surface area (Å²) in [5, 5.41) is 5.31. The summed E-state index contributed by atoms with van der Waals surface area (Å²) < 4.78 is 0. The molecule has 2 N–H and O–H groups in total. The molecular formula is C21H19N3O3. The van der Waals surface area contributed by atoms with E-state index >= 15 is 0 Å². The van der Waals surface area contributed by atoms with Gasteiger partial charge in [-0.1, -0.05) is 30.2 Å². The van der Waals surface area contributed by atoms with E-state index in [1.165, 1.54) is 11.9 Å². The van der Waals surface area contributed by atoms with Gasteiger partial charge in [-0.15, -0.1) is 6.42 Å². The summed E-state index contributed by atoms with van der Waals surface area (Å²) in [6, 6.07) is 14.1. The first-order chi connectivity index (χ1) is 13.0. The monoisotopic (exact) mass is 361 g/mol. The molecule has 0 radical (unpaired) electrons. The van der Waals surface area contributed by atoms with E-state index in [2.05, 4.69) is 16.6 Å². The van der Waals surface area contributed by atoms with Gasteiger partial charge in [0.1, 0.15) is 6.54 Å². The predicted molar refractivity (Wildman–Crippen MR) is 103 cm³/mol. The summed E-state index contributed by atoms with van der Waals surface area (Å²) in [7, 11) is 1.51. The number of carbonyl (C=O) groups is 3. The zero-order valence-electron chi connectivity index (χ0n) is 14.9. The van der Waals surface area contributed by atoms with Crippen molar-refractivity contribution in [3.63, 3.8) is 0 Å². The number of hydrogen-bond donors (Lipinski definition) is 2. The van der Waals surface area contributed by atoms with E-state index in [4.69, 9.17) is 6.42 Å². The average Bonchev–Trinajstić information content (AvgIpc) is 2.70. The Bertz CT molecular complexity index is 946. The van der Waals surface area contributed by atoms with Crippen molar-refractivity contribution in [3.8, 4) is 12.3 Å². The quantitative estimate of drug-likeness (QED) is 0.816. The van der Waals surface area contributed by atoms with Crippen molar-refractivity contribution in [2.75, 3.05) is 23.8 Å². The first-order valence-electron chi connectivity index (χ1n) is 8.51. The molecule has 1 aliphatic rings. The normalized spacial score (nSPS) is 15.1. The maximum Gasteiger partial charge on any atom is 0.239 e. The maximum atomic E-state index is 13.4. The molecule has 1 atom stereocenters. The minimum absolute atomic E-state index is 0.0227. The van der Waals surface area contributed by atoms with Crippen molar-refractivity contribution in [3.05, 3.63) is 59.7 Å². The van der Waals surface area contributed by atoms with Gasteiger partial charge < -0.3 is 15.5 Å². The fourth-order valence-corrected chi connectivity index (χ4v) is 3.10. The second kappa shape index (κ2) is 7.75. The summed E-state index contributed by atoms with van der Waals surface area (Å²) in [6.45, 7) is -0.163. The number of nitrogens with one attached hydrogen (secondary N) is 2. The number of amides is 3. The third-order valence-corrected chi connectivity index (χ3v) is 4.47. The van der Waals surface area contributed by atoms with E-state index in [0.29, 0.717) is 16.9 Å². The number of hydrogen-bond acceptors (Lipinski definition) is 3. The van der Waals surface area contributed by atoms with E-state index in [1.807, 2.05) is 12.1 Å². The summed E-state index contributed by atoms with van der Waals surface area (Å²) in [5.74, 6) is 0.983. The number of benzene rings is 2. The van der Waals surface area contributed by atoms with Crippen LogP contribution in [-0.4, -0.2) is 31.3 Å². The first-order valence-corrected chi connectivity index (χ1v) is 8.51. The van der Waals surface area contributed by atoms with Crippen LogP contribution in [0.3, 0.4) is 0 Å². The van der Waals surface area contributed by atoms with Gasteiger partial charge in [-0.3, -0.25) is 14.4 Å². The largest absolute Gasteiger partial charge is 0.358 e. The zero-order valence-corrected chi connectivity index (χ0v) is 14.9. The second-order valence-corrected chi connectivity index (χ2v) is 6.18. The first kappa shape index (κ1) is 18.2. The van der Waals surface area contributed by atoms with Crippen LogP contribution in [0.5, 0.6) is 0 Å². The highest BCUT2D eigenvalue weighted by molar-refractivity contribution is 6.08. The number of fused-ring (bicyclic) bond motifs is 1. The second-order valence-electron chi connectivity index (χ2n) is 6.18. The topological polar surface area (TPSA) is 78.5 Å². The van der Waals surface area contributed by atoms with Gasteiger partial charge in [-0.05, 0) is 29.8 Å². The summed E-state index contributed by atoms with van der Waals surface area (Å²) >= 11 is 0. The van der Waals surface area contributed by atoms with Crippen LogP contribution in [0.2, 0.25) is 0 Å². The van der Waals surface area contributed by atoms with Crippen molar-refractivity contribution in [1.29, 1.82) is 0 Å². The van der Waals surface area contributed by atoms with Gasteiger partial charge in [0, 0.05) is 30.4 Å². The fourth-order valence-electron chi connectivity index (χ4n) is 3.10. The van der Waals surface area contributed by atoms with Gasteiger partial charge in [-0.25, -0.2) is 0 Å². The molecule has 2 aromatic carbocycles. The molecule has 2 aromatic rings. The third-order valence-electron chi connectivity index (χ3n) is 4.47. The Morgan fingerprint density at radius 1 is 1.26 bits per heavy atom. The Labute approximate surface area is 157 Å². The Hall–Kier alpha value is -3.59. The minimum atomic E-state index is -0.672. The average molecular weight is 361 g/mol. The van der Waals surface area contributed by atoms with E-state index < -0.39 is 5.92 Å². The van der Waals surface area contributed by atoms with Gasteiger partial charge in [0.25, 0.3) is 0 Å². The number of anilines is 2. The van der Waals surface area contributed by atoms with Crippen LogP contribution in [0.1, 0.15) is 23.5 Å². The number of para-hydroxylation sites is 1. The fraction of sp³-hybridized carbons (Fsp3) is 0.190. The van der Waals surface area contributed by atoms with Crippen molar-refractivity contribution in [2.45, 2.75) is 12.3 Å². The highest BCUT2D eigenvalue weighted by Crippen LogP contribution is 2.34. The number of terminal acetylenes is 1. The molecule has 6 nitrogen and oxygen atoms in total. The van der Waals surface area contributed by atoms with Crippen LogP contribution in [0.4, 0.5) is 11.4 Å². The van der Waals surface area contributed by atoms with Crippen LogP contribution < -0.4 is 15.5 Å². The molecule has 0 saturated heterocycles. The van der Waals surface area contributed by atoms with E-state index in [-0.39, 0.29) is 30.7 Å². The van der Waals surface area contributed by atoms with Gasteiger partial charge in [0.2, 0.25) is 17.7 Å². The Balaban J connectivity index is 2.02. The molecule has 0 spiro atoms. The highest BCUT2D eigenvalue weighted by atomic mass is 16.2. The molecule has 0 fully saturated rings. The van der Waals surface area contributed by atoms with Crippen LogP contribution in [-0.2, 0) is 14.4 Å². The van der Waals surface area contributed by atoms with Crippen molar-refractivity contribution in [1.82, 2.24) is 5.32 Å². The standard InChI is InChI=1S/C21H19N3O3/c1-3-14-7-6-8-15(11-14)24(13-20(26)22-2)21(27)17-12-19(25)23-18-10-5-4-9-16(17)18/h1,4-11,17H,12-13H2,2H3,(H,22,26)(H,23,25)/t17-/m0/s1. The number of carbonyl (C=O) groups excluding carboxylic acids is 3. The van der Waals surface area contributed by atoms with Gasteiger partial charge >= 0.3 is 0 Å². The van der Waals surface area contributed by atoms with Crippen LogP contribution in [0.25, 0.3) is 0 Å². The van der Waals surface area contributed by atoms with Crippen molar-refractivity contribution in [2.24, 2.45) is 0 Å². The molecule has 0 unspecified atom stereocenters.